The summed E-state index contributed by atoms with van der Waals surface area (Å²) in [5.74, 6) is -2.28. The molecule has 1 aromatic heterocycles. The predicted octanol–water partition coefficient (Wildman–Crippen LogP) is 4.75. The van der Waals surface area contributed by atoms with Gasteiger partial charge in [-0.05, 0) is 5.56 Å². The molecule has 0 aliphatic heterocycles. The number of ether oxygens (including phenoxy) is 2. The Bertz CT molecular complexity index is 856. The quantitative estimate of drug-likeness (QED) is 0.644. The fourth-order valence-electron chi connectivity index (χ4n) is 2.24. The lowest BCUT2D eigenvalue weighted by atomic mass is 10.1. The van der Waals surface area contributed by atoms with E-state index < -0.39 is 11.6 Å². The van der Waals surface area contributed by atoms with Gasteiger partial charge in [-0.25, -0.2) is 9.37 Å². The Morgan fingerprint density at radius 3 is 2.48 bits per heavy atom. The Balaban J connectivity index is 2.07. The third-order valence-corrected chi connectivity index (χ3v) is 3.53. The van der Waals surface area contributed by atoms with Gasteiger partial charge in [0.15, 0.2) is 11.6 Å². The van der Waals surface area contributed by atoms with Gasteiger partial charge in [0.05, 0.1) is 18.0 Å². The van der Waals surface area contributed by atoms with Crippen LogP contribution >= 0.6 is 11.6 Å². The minimum absolute atomic E-state index is 0.0661. The summed E-state index contributed by atoms with van der Waals surface area (Å²) >= 11 is 5.95. The van der Waals surface area contributed by atoms with Crippen LogP contribution in [0, 0.1) is 11.6 Å². The van der Waals surface area contributed by atoms with E-state index in [1.165, 1.54) is 19.2 Å². The summed E-state index contributed by atoms with van der Waals surface area (Å²) in [6, 6.07) is 12.0. The van der Waals surface area contributed by atoms with Crippen molar-refractivity contribution in [3.8, 4) is 11.5 Å². The van der Waals surface area contributed by atoms with Crippen molar-refractivity contribution in [1.29, 1.82) is 0 Å². The zero-order valence-electron chi connectivity index (χ0n) is 12.1. The molecule has 0 fully saturated rings. The molecule has 0 spiro atoms. The van der Waals surface area contributed by atoms with Crippen LogP contribution in [0.5, 0.6) is 11.5 Å². The average molecular weight is 336 g/mol. The molecule has 0 radical (unpaired) electrons. The van der Waals surface area contributed by atoms with Crippen molar-refractivity contribution in [3.63, 3.8) is 0 Å². The lowest BCUT2D eigenvalue weighted by Crippen LogP contribution is -2.00. The van der Waals surface area contributed by atoms with Gasteiger partial charge in [0.2, 0.25) is 5.82 Å². The minimum Gasteiger partial charge on any atom is -0.493 e. The molecule has 3 nitrogen and oxygen atoms in total. The molecule has 0 aliphatic rings. The van der Waals surface area contributed by atoms with Gasteiger partial charge in [0.1, 0.15) is 17.5 Å². The highest BCUT2D eigenvalue weighted by molar-refractivity contribution is 6.30. The van der Waals surface area contributed by atoms with Crippen molar-refractivity contribution in [2.24, 2.45) is 0 Å². The number of fused-ring (bicyclic) bond motifs is 1. The number of hydrogen-bond acceptors (Lipinski definition) is 3. The first-order valence-corrected chi connectivity index (χ1v) is 7.17. The van der Waals surface area contributed by atoms with Crippen LogP contribution in [-0.4, -0.2) is 12.1 Å². The van der Waals surface area contributed by atoms with Gasteiger partial charge in [-0.3, -0.25) is 0 Å². The van der Waals surface area contributed by atoms with E-state index in [4.69, 9.17) is 21.1 Å². The summed E-state index contributed by atoms with van der Waals surface area (Å²) in [7, 11) is 1.25. The second kappa shape index (κ2) is 6.38. The molecule has 0 bridgehead atoms. The Morgan fingerprint density at radius 1 is 1.04 bits per heavy atom. The lowest BCUT2D eigenvalue weighted by molar-refractivity contribution is 0.308. The van der Waals surface area contributed by atoms with Crippen LogP contribution in [0.4, 0.5) is 8.78 Å². The van der Waals surface area contributed by atoms with Crippen LogP contribution in [0.15, 0.2) is 42.5 Å². The minimum atomic E-state index is -1.09. The molecule has 0 atom stereocenters. The summed E-state index contributed by atoms with van der Waals surface area (Å²) in [6.07, 6.45) is 0. The van der Waals surface area contributed by atoms with Gasteiger partial charge in [-0.15, -0.1) is 0 Å². The number of pyridine rings is 1. The molecule has 1 heterocycles. The van der Waals surface area contributed by atoms with Crippen molar-refractivity contribution in [2.45, 2.75) is 6.61 Å². The maximum Gasteiger partial charge on any atom is 0.201 e. The average Bonchev–Trinajstić information content (AvgIpc) is 2.56. The highest BCUT2D eigenvalue weighted by atomic mass is 35.5. The topological polar surface area (TPSA) is 31.4 Å². The molecule has 3 aromatic rings. The van der Waals surface area contributed by atoms with Crippen LogP contribution < -0.4 is 9.47 Å². The van der Waals surface area contributed by atoms with Crippen molar-refractivity contribution in [1.82, 2.24) is 4.98 Å². The first-order chi connectivity index (χ1) is 11.1. The van der Waals surface area contributed by atoms with E-state index in [0.29, 0.717) is 0 Å². The molecule has 0 N–H and O–H groups in total. The van der Waals surface area contributed by atoms with Gasteiger partial charge in [-0.2, -0.15) is 4.39 Å². The fourth-order valence-corrected chi connectivity index (χ4v) is 2.43. The van der Waals surface area contributed by atoms with Crippen LogP contribution in [-0.2, 0) is 6.61 Å². The van der Waals surface area contributed by atoms with E-state index in [1.807, 2.05) is 30.3 Å². The lowest BCUT2D eigenvalue weighted by Gasteiger charge is -2.12. The number of nitrogens with zero attached hydrogens (tertiary/aromatic N) is 1. The van der Waals surface area contributed by atoms with Crippen LogP contribution in [0.3, 0.4) is 0 Å². The molecule has 0 aliphatic carbocycles. The van der Waals surface area contributed by atoms with E-state index in [-0.39, 0.29) is 34.2 Å². The van der Waals surface area contributed by atoms with Crippen molar-refractivity contribution in [3.05, 3.63) is 64.8 Å². The first kappa shape index (κ1) is 15.5. The standard InChI is InChI=1S/C17H12ClF2NO2/c1-22-13-7-11-15(17(20)16(13)19)12(8-14(18)21-11)23-9-10-5-3-2-4-6-10/h2-8H,9H2,1H3. The van der Waals surface area contributed by atoms with Gasteiger partial charge < -0.3 is 9.47 Å². The van der Waals surface area contributed by atoms with E-state index in [2.05, 4.69) is 4.98 Å². The highest BCUT2D eigenvalue weighted by Crippen LogP contribution is 2.35. The number of hydrogen-bond donors (Lipinski definition) is 0. The van der Waals surface area contributed by atoms with Crippen LogP contribution in [0.1, 0.15) is 5.56 Å². The molecule has 3 rings (SSSR count). The number of benzene rings is 2. The van der Waals surface area contributed by atoms with E-state index in [0.717, 1.165) is 5.56 Å². The maximum atomic E-state index is 14.3. The van der Waals surface area contributed by atoms with Gasteiger partial charge in [-0.1, -0.05) is 41.9 Å². The van der Waals surface area contributed by atoms with Gasteiger partial charge in [0.25, 0.3) is 0 Å². The normalized spacial score (nSPS) is 10.8. The Hall–Kier alpha value is -2.40. The first-order valence-electron chi connectivity index (χ1n) is 6.79. The van der Waals surface area contributed by atoms with Crippen molar-refractivity contribution < 1.29 is 18.3 Å². The number of aromatic nitrogens is 1. The van der Waals surface area contributed by atoms with E-state index in [9.17, 15) is 8.78 Å². The molecule has 0 saturated carbocycles. The fraction of sp³-hybridized carbons (Fsp3) is 0.118. The summed E-state index contributed by atoms with van der Waals surface area (Å²) in [6.45, 7) is 0.198. The maximum absolute atomic E-state index is 14.3. The molecule has 2 aromatic carbocycles. The number of methoxy groups -OCH3 is 1. The SMILES string of the molecule is COc1cc2nc(Cl)cc(OCc3ccccc3)c2c(F)c1F. The summed E-state index contributed by atoms with van der Waals surface area (Å²) in [5.41, 5.74) is 1.05. The third-order valence-electron chi connectivity index (χ3n) is 3.33. The van der Waals surface area contributed by atoms with Crippen molar-refractivity contribution in [2.75, 3.05) is 7.11 Å². The smallest absolute Gasteiger partial charge is 0.201 e. The molecule has 23 heavy (non-hydrogen) atoms. The molecular weight excluding hydrogens is 324 g/mol. The van der Waals surface area contributed by atoms with E-state index in [1.54, 1.807) is 0 Å². The zero-order valence-corrected chi connectivity index (χ0v) is 12.9. The van der Waals surface area contributed by atoms with Crippen molar-refractivity contribution >= 4 is 22.5 Å². The number of rotatable bonds is 4. The molecule has 0 saturated heterocycles. The summed E-state index contributed by atoms with van der Waals surface area (Å²) in [5, 5.41) is 0.0530. The van der Waals surface area contributed by atoms with E-state index >= 15 is 0 Å². The molecule has 0 unspecified atom stereocenters. The summed E-state index contributed by atoms with van der Waals surface area (Å²) in [4.78, 5) is 4.00. The number of halogens is 3. The largest absolute Gasteiger partial charge is 0.493 e. The van der Waals surface area contributed by atoms with Gasteiger partial charge in [0, 0.05) is 12.1 Å². The monoisotopic (exact) mass is 335 g/mol. The summed E-state index contributed by atoms with van der Waals surface area (Å²) < 4.78 is 38.7. The van der Waals surface area contributed by atoms with Crippen LogP contribution in [0.25, 0.3) is 10.9 Å². The second-order valence-electron chi connectivity index (χ2n) is 4.82. The van der Waals surface area contributed by atoms with Gasteiger partial charge >= 0.3 is 0 Å². The van der Waals surface area contributed by atoms with Crippen LogP contribution in [0.2, 0.25) is 5.15 Å². The second-order valence-corrected chi connectivity index (χ2v) is 5.21. The zero-order chi connectivity index (χ0) is 16.4. The Labute approximate surface area is 136 Å². The predicted molar refractivity (Wildman–Crippen MR) is 84.0 cm³/mol. The Morgan fingerprint density at radius 2 is 1.78 bits per heavy atom. The highest BCUT2D eigenvalue weighted by Gasteiger charge is 2.19. The molecular formula is C17H12ClF2NO2. The third kappa shape index (κ3) is 3.05. The molecule has 118 valence electrons. The Kier molecular flexibility index (Phi) is 4.30. The molecule has 6 heteroatoms. The molecule has 0 amide bonds.